The second kappa shape index (κ2) is 4.67. The van der Waals surface area contributed by atoms with E-state index in [1.807, 2.05) is 11.9 Å². The molecule has 1 aliphatic rings. The minimum atomic E-state index is -0.734. The van der Waals surface area contributed by atoms with Gasteiger partial charge in [-0.1, -0.05) is 6.07 Å². The molecule has 1 aromatic rings. The number of likely N-dealkylation sites (N-methyl/N-ethyl adjacent to an activating group) is 1. The predicted molar refractivity (Wildman–Crippen MR) is 62.8 cm³/mol. The van der Waals surface area contributed by atoms with Crippen LogP contribution in [0.15, 0.2) is 18.2 Å². The summed E-state index contributed by atoms with van der Waals surface area (Å²) >= 11 is 0. The summed E-state index contributed by atoms with van der Waals surface area (Å²) in [5, 5.41) is 10.6. The van der Waals surface area contributed by atoms with Crippen molar-refractivity contribution < 1.29 is 9.31 Å². The average molecular weight is 239 g/mol. The molecule has 0 saturated carbocycles. The van der Waals surface area contributed by atoms with E-state index >= 15 is 0 Å². The smallest absolute Gasteiger partial charge is 0.306 e. The van der Waals surface area contributed by atoms with Crippen LogP contribution in [0, 0.1) is 15.9 Å². The quantitative estimate of drug-likeness (QED) is 0.579. The first-order valence-electron chi connectivity index (χ1n) is 5.46. The van der Waals surface area contributed by atoms with Crippen LogP contribution in [0.3, 0.4) is 0 Å². The zero-order chi connectivity index (χ0) is 12.4. The highest BCUT2D eigenvalue weighted by Gasteiger charge is 2.23. The third-order valence-corrected chi connectivity index (χ3v) is 3.00. The molecule has 0 amide bonds. The molecule has 2 rings (SSSR count). The molecule has 92 valence electrons. The van der Waals surface area contributed by atoms with Gasteiger partial charge in [0.1, 0.15) is 0 Å². The minimum absolute atomic E-state index is 0.326. The third kappa shape index (κ3) is 2.36. The molecule has 0 unspecified atom stereocenters. The number of piperazine rings is 1. The van der Waals surface area contributed by atoms with Gasteiger partial charge in [0.2, 0.25) is 5.82 Å². The van der Waals surface area contributed by atoms with Crippen LogP contribution in [-0.2, 0) is 0 Å². The van der Waals surface area contributed by atoms with E-state index in [-0.39, 0.29) is 0 Å². The molecule has 0 bridgehead atoms. The van der Waals surface area contributed by atoms with Crippen LogP contribution in [-0.4, -0.2) is 43.0 Å². The van der Waals surface area contributed by atoms with E-state index < -0.39 is 16.4 Å². The molecule has 17 heavy (non-hydrogen) atoms. The van der Waals surface area contributed by atoms with Gasteiger partial charge in [0.25, 0.3) is 0 Å². The van der Waals surface area contributed by atoms with Crippen molar-refractivity contribution in [3.63, 3.8) is 0 Å². The number of halogens is 1. The van der Waals surface area contributed by atoms with Gasteiger partial charge < -0.3 is 9.80 Å². The Morgan fingerprint density at radius 1 is 1.29 bits per heavy atom. The molecule has 1 heterocycles. The highest BCUT2D eigenvalue weighted by molar-refractivity contribution is 5.55. The fourth-order valence-corrected chi connectivity index (χ4v) is 1.94. The summed E-state index contributed by atoms with van der Waals surface area (Å²) in [6, 6.07) is 4.30. The molecule has 1 saturated heterocycles. The average Bonchev–Trinajstić information content (AvgIpc) is 2.30. The van der Waals surface area contributed by atoms with Gasteiger partial charge in [-0.25, -0.2) is 0 Å². The molecule has 5 nitrogen and oxygen atoms in total. The van der Waals surface area contributed by atoms with Crippen molar-refractivity contribution in [1.29, 1.82) is 0 Å². The Morgan fingerprint density at radius 3 is 2.53 bits per heavy atom. The second-order valence-corrected chi connectivity index (χ2v) is 4.16. The van der Waals surface area contributed by atoms with E-state index in [1.165, 1.54) is 12.1 Å². The summed E-state index contributed by atoms with van der Waals surface area (Å²) in [6.45, 7) is 3.05. The van der Waals surface area contributed by atoms with Crippen LogP contribution in [0.4, 0.5) is 15.8 Å². The summed E-state index contributed by atoms with van der Waals surface area (Å²) in [6.07, 6.45) is 0. The predicted octanol–water partition coefficient (Wildman–Crippen LogP) is 1.49. The van der Waals surface area contributed by atoms with Gasteiger partial charge in [0.05, 0.1) is 10.6 Å². The fourth-order valence-electron chi connectivity index (χ4n) is 1.94. The maximum Gasteiger partial charge on any atom is 0.306 e. The van der Waals surface area contributed by atoms with E-state index in [1.54, 1.807) is 6.07 Å². The first kappa shape index (κ1) is 11.8. The monoisotopic (exact) mass is 239 g/mol. The Balaban J connectivity index is 2.27. The van der Waals surface area contributed by atoms with Crippen molar-refractivity contribution in [1.82, 2.24) is 4.90 Å². The highest BCUT2D eigenvalue weighted by atomic mass is 19.1. The van der Waals surface area contributed by atoms with E-state index in [0.29, 0.717) is 18.8 Å². The number of nitro benzene ring substituents is 1. The van der Waals surface area contributed by atoms with Crippen LogP contribution >= 0.6 is 0 Å². The van der Waals surface area contributed by atoms with E-state index in [0.717, 1.165) is 13.1 Å². The number of anilines is 1. The lowest BCUT2D eigenvalue weighted by Gasteiger charge is -2.34. The Kier molecular flexibility index (Phi) is 3.23. The van der Waals surface area contributed by atoms with Gasteiger partial charge in [-0.05, 0) is 13.1 Å². The van der Waals surface area contributed by atoms with Crippen molar-refractivity contribution in [3.8, 4) is 0 Å². The number of benzene rings is 1. The number of nitrogens with zero attached hydrogens (tertiary/aromatic N) is 3. The van der Waals surface area contributed by atoms with Crippen molar-refractivity contribution in [2.75, 3.05) is 38.1 Å². The Morgan fingerprint density at radius 2 is 1.94 bits per heavy atom. The number of hydrogen-bond donors (Lipinski definition) is 0. The molecule has 0 aromatic heterocycles. The molecule has 0 spiro atoms. The zero-order valence-electron chi connectivity index (χ0n) is 9.60. The minimum Gasteiger partial charge on any atom is -0.366 e. The maximum absolute atomic E-state index is 13.9. The largest absolute Gasteiger partial charge is 0.366 e. The fraction of sp³-hybridized carbons (Fsp3) is 0.455. The number of rotatable bonds is 2. The van der Waals surface area contributed by atoms with Crippen LogP contribution in [0.1, 0.15) is 0 Å². The summed E-state index contributed by atoms with van der Waals surface area (Å²) in [7, 11) is 2.00. The molecule has 1 aliphatic heterocycles. The van der Waals surface area contributed by atoms with E-state index in [4.69, 9.17) is 0 Å². The van der Waals surface area contributed by atoms with Gasteiger partial charge in [0, 0.05) is 32.2 Å². The first-order chi connectivity index (χ1) is 8.09. The Bertz CT molecular complexity index is 431. The topological polar surface area (TPSA) is 49.6 Å². The molecule has 0 aliphatic carbocycles. The lowest BCUT2D eigenvalue weighted by molar-refractivity contribution is -0.387. The van der Waals surface area contributed by atoms with Gasteiger partial charge >= 0.3 is 5.69 Å². The summed E-state index contributed by atoms with van der Waals surface area (Å²) in [5.74, 6) is -0.734. The first-order valence-corrected chi connectivity index (χ1v) is 5.46. The highest BCUT2D eigenvalue weighted by Crippen LogP contribution is 2.27. The van der Waals surface area contributed by atoms with Crippen LogP contribution in [0.25, 0.3) is 0 Å². The van der Waals surface area contributed by atoms with Crippen LogP contribution in [0.5, 0.6) is 0 Å². The van der Waals surface area contributed by atoms with Crippen molar-refractivity contribution in [3.05, 3.63) is 34.1 Å². The summed E-state index contributed by atoms with van der Waals surface area (Å²) in [4.78, 5) is 14.0. The normalized spacial score (nSPS) is 17.2. The van der Waals surface area contributed by atoms with Gasteiger partial charge in [-0.3, -0.25) is 10.1 Å². The van der Waals surface area contributed by atoms with Crippen molar-refractivity contribution in [2.45, 2.75) is 0 Å². The Labute approximate surface area is 98.6 Å². The molecule has 6 heteroatoms. The standard InChI is InChI=1S/C11H14FN3O2/c1-13-5-7-14(8-6-13)9-3-2-4-10(11(9)12)15(16)17/h2-4H,5-8H2,1H3. The molecular weight excluding hydrogens is 225 g/mol. The molecule has 1 fully saturated rings. The van der Waals surface area contributed by atoms with Gasteiger partial charge in [-0.2, -0.15) is 4.39 Å². The molecule has 0 N–H and O–H groups in total. The summed E-state index contributed by atoms with van der Waals surface area (Å²) < 4.78 is 13.9. The number of hydrogen-bond acceptors (Lipinski definition) is 4. The van der Waals surface area contributed by atoms with E-state index in [2.05, 4.69) is 4.90 Å². The SMILES string of the molecule is CN1CCN(c2cccc([N+](=O)[O-])c2F)CC1. The third-order valence-electron chi connectivity index (χ3n) is 3.00. The van der Waals surface area contributed by atoms with Crippen molar-refractivity contribution >= 4 is 11.4 Å². The van der Waals surface area contributed by atoms with Gasteiger partial charge in [0.15, 0.2) is 0 Å². The molecule has 1 aromatic carbocycles. The second-order valence-electron chi connectivity index (χ2n) is 4.16. The van der Waals surface area contributed by atoms with Crippen LogP contribution in [0.2, 0.25) is 0 Å². The molecule has 0 radical (unpaired) electrons. The van der Waals surface area contributed by atoms with Gasteiger partial charge in [-0.15, -0.1) is 0 Å². The lowest BCUT2D eigenvalue weighted by atomic mass is 10.2. The van der Waals surface area contributed by atoms with E-state index in [9.17, 15) is 14.5 Å². The lowest BCUT2D eigenvalue weighted by Crippen LogP contribution is -2.44. The zero-order valence-corrected chi connectivity index (χ0v) is 9.60. The van der Waals surface area contributed by atoms with Crippen molar-refractivity contribution in [2.24, 2.45) is 0 Å². The molecular formula is C11H14FN3O2. The Hall–Kier alpha value is -1.69. The number of nitro groups is 1. The molecule has 0 atom stereocenters. The van der Waals surface area contributed by atoms with Crippen LogP contribution < -0.4 is 4.90 Å². The maximum atomic E-state index is 13.9. The summed E-state index contributed by atoms with van der Waals surface area (Å²) in [5.41, 5.74) is -0.131.